The number of nitrogens with zero attached hydrogens (tertiary/aromatic N) is 2. The molecule has 158 valence electrons. The fourth-order valence-corrected chi connectivity index (χ4v) is 4.22. The molecule has 0 aliphatic carbocycles. The Morgan fingerprint density at radius 3 is 1.97 bits per heavy atom. The maximum atomic E-state index is 9.79. The Hall–Kier alpha value is -2.45. The van der Waals surface area contributed by atoms with Crippen molar-refractivity contribution in [2.24, 2.45) is 0 Å². The van der Waals surface area contributed by atoms with E-state index in [1.807, 2.05) is 12.1 Å². The van der Waals surface area contributed by atoms with Crippen LogP contribution < -0.4 is 4.74 Å². The number of hydrogen-bond acceptors (Lipinski definition) is 3. The highest BCUT2D eigenvalue weighted by Crippen LogP contribution is 2.40. The van der Waals surface area contributed by atoms with E-state index in [0.29, 0.717) is 47.7 Å². The molecule has 32 heavy (non-hydrogen) atoms. The summed E-state index contributed by atoms with van der Waals surface area (Å²) in [5.74, 6) is 0.434. The third-order valence-electron chi connectivity index (χ3n) is 4.50. The van der Waals surface area contributed by atoms with Crippen LogP contribution in [0, 0.1) is 11.3 Å². The van der Waals surface area contributed by atoms with Crippen molar-refractivity contribution in [2.75, 3.05) is 0 Å². The molecule has 0 spiro atoms. The van der Waals surface area contributed by atoms with Gasteiger partial charge in [-0.25, -0.2) is 4.98 Å². The fraction of sp³-hybridized carbons (Fsp3) is 0. The molecule has 3 aromatic carbocycles. The summed E-state index contributed by atoms with van der Waals surface area (Å²) >= 11 is 30.8. The van der Waals surface area contributed by atoms with Crippen LogP contribution in [0.2, 0.25) is 25.1 Å². The number of rotatable bonds is 4. The largest absolute Gasteiger partial charge is 0.438 e. The number of benzene rings is 3. The van der Waals surface area contributed by atoms with Crippen LogP contribution in [0.4, 0.5) is 0 Å². The van der Waals surface area contributed by atoms with Crippen LogP contribution in [-0.4, -0.2) is 4.98 Å². The summed E-state index contributed by atoms with van der Waals surface area (Å²) in [5.41, 5.74) is 2.84. The Labute approximate surface area is 209 Å². The minimum absolute atomic E-state index is 0.0876. The van der Waals surface area contributed by atoms with Crippen molar-refractivity contribution < 1.29 is 4.74 Å². The molecular formula is C24H11Cl5N2O. The molecule has 0 N–H and O–H groups in total. The van der Waals surface area contributed by atoms with Crippen molar-refractivity contribution in [1.29, 1.82) is 5.26 Å². The topological polar surface area (TPSA) is 45.9 Å². The molecule has 4 aromatic rings. The quantitative estimate of drug-likeness (QED) is 0.269. The van der Waals surface area contributed by atoms with E-state index < -0.39 is 0 Å². The molecule has 0 fully saturated rings. The lowest BCUT2D eigenvalue weighted by Gasteiger charge is -2.15. The Kier molecular flexibility index (Phi) is 6.81. The molecule has 4 rings (SSSR count). The first kappa shape index (κ1) is 22.7. The normalized spacial score (nSPS) is 10.6. The van der Waals surface area contributed by atoms with Crippen LogP contribution >= 0.6 is 58.0 Å². The molecule has 0 bridgehead atoms. The van der Waals surface area contributed by atoms with Crippen molar-refractivity contribution >= 4 is 58.0 Å². The number of hydrogen-bond donors (Lipinski definition) is 0. The van der Waals surface area contributed by atoms with E-state index in [1.54, 1.807) is 54.6 Å². The molecule has 0 saturated carbocycles. The second-order valence-electron chi connectivity index (χ2n) is 6.69. The van der Waals surface area contributed by atoms with Crippen LogP contribution in [-0.2, 0) is 0 Å². The monoisotopic (exact) mass is 518 g/mol. The van der Waals surface area contributed by atoms with Gasteiger partial charge in [-0.2, -0.15) is 5.26 Å². The first-order valence-corrected chi connectivity index (χ1v) is 11.0. The van der Waals surface area contributed by atoms with Gasteiger partial charge in [0.2, 0.25) is 5.88 Å². The van der Waals surface area contributed by atoms with Crippen molar-refractivity contribution in [3.8, 4) is 40.1 Å². The van der Waals surface area contributed by atoms with Crippen molar-refractivity contribution in [3.05, 3.63) is 97.4 Å². The van der Waals surface area contributed by atoms with Crippen molar-refractivity contribution in [3.63, 3.8) is 0 Å². The van der Waals surface area contributed by atoms with E-state index in [0.717, 1.165) is 5.56 Å². The predicted molar refractivity (Wildman–Crippen MR) is 131 cm³/mol. The molecule has 0 aliphatic heterocycles. The average molecular weight is 521 g/mol. The van der Waals surface area contributed by atoms with Crippen LogP contribution in [0.3, 0.4) is 0 Å². The SMILES string of the molecule is N#Cc1cc(-c2ccc(Cl)cc2)c(-c2ccc(Cl)cc2Cl)nc1Oc1cc(Cl)cc(Cl)c1. The first-order valence-electron chi connectivity index (χ1n) is 9.14. The lowest BCUT2D eigenvalue weighted by atomic mass is 9.97. The number of halogens is 5. The fourth-order valence-electron chi connectivity index (χ4n) is 3.09. The Morgan fingerprint density at radius 1 is 0.688 bits per heavy atom. The zero-order valence-electron chi connectivity index (χ0n) is 16.0. The number of pyridine rings is 1. The molecule has 0 amide bonds. The Morgan fingerprint density at radius 2 is 1.34 bits per heavy atom. The van der Waals surface area contributed by atoms with Gasteiger partial charge in [-0.3, -0.25) is 0 Å². The van der Waals surface area contributed by atoms with Gasteiger partial charge >= 0.3 is 0 Å². The van der Waals surface area contributed by atoms with E-state index in [1.165, 1.54) is 0 Å². The molecule has 0 aliphatic rings. The highest BCUT2D eigenvalue weighted by molar-refractivity contribution is 6.36. The second kappa shape index (κ2) is 9.58. The van der Waals surface area contributed by atoms with Gasteiger partial charge in [0.05, 0.1) is 10.7 Å². The van der Waals surface area contributed by atoms with E-state index in [2.05, 4.69) is 11.1 Å². The minimum atomic E-state index is 0.0876. The van der Waals surface area contributed by atoms with Crippen LogP contribution in [0.1, 0.15) is 5.56 Å². The molecule has 3 nitrogen and oxygen atoms in total. The Balaban J connectivity index is 1.94. The highest BCUT2D eigenvalue weighted by atomic mass is 35.5. The first-order chi connectivity index (χ1) is 15.3. The van der Waals surface area contributed by atoms with Crippen molar-refractivity contribution in [2.45, 2.75) is 0 Å². The zero-order chi connectivity index (χ0) is 22.8. The van der Waals surface area contributed by atoms with Gasteiger partial charge in [0, 0.05) is 31.2 Å². The molecular weight excluding hydrogens is 510 g/mol. The summed E-state index contributed by atoms with van der Waals surface area (Å²) in [6.45, 7) is 0. The van der Waals surface area contributed by atoms with Gasteiger partial charge in [0.15, 0.2) is 0 Å². The summed E-state index contributed by atoms with van der Waals surface area (Å²) < 4.78 is 5.91. The van der Waals surface area contributed by atoms with Gasteiger partial charge in [0.25, 0.3) is 0 Å². The van der Waals surface area contributed by atoms with Crippen molar-refractivity contribution in [1.82, 2.24) is 4.98 Å². The average Bonchev–Trinajstić information content (AvgIpc) is 2.73. The maximum absolute atomic E-state index is 9.79. The number of ether oxygens (including phenoxy) is 1. The third-order valence-corrected chi connectivity index (χ3v) is 5.74. The summed E-state index contributed by atoms with van der Waals surface area (Å²) in [6, 6.07) is 20.9. The lowest BCUT2D eigenvalue weighted by molar-refractivity contribution is 0.462. The summed E-state index contributed by atoms with van der Waals surface area (Å²) in [6.07, 6.45) is 0. The third kappa shape index (κ3) is 4.96. The van der Waals surface area contributed by atoms with E-state index in [-0.39, 0.29) is 11.4 Å². The van der Waals surface area contributed by atoms with Gasteiger partial charge in [0.1, 0.15) is 17.4 Å². The molecule has 0 radical (unpaired) electrons. The molecule has 8 heteroatoms. The van der Waals surface area contributed by atoms with Gasteiger partial charge in [-0.05, 0) is 60.2 Å². The smallest absolute Gasteiger partial charge is 0.237 e. The van der Waals surface area contributed by atoms with Crippen LogP contribution in [0.5, 0.6) is 11.6 Å². The molecule has 0 atom stereocenters. The second-order valence-corrected chi connectivity index (χ2v) is 8.84. The lowest BCUT2D eigenvalue weighted by Crippen LogP contribution is -1.98. The van der Waals surface area contributed by atoms with Gasteiger partial charge < -0.3 is 4.74 Å². The number of aromatic nitrogens is 1. The summed E-state index contributed by atoms with van der Waals surface area (Å²) in [5, 5.41) is 12.1. The van der Waals surface area contributed by atoms with E-state index in [4.69, 9.17) is 62.7 Å². The molecule has 0 saturated heterocycles. The number of nitriles is 1. The maximum Gasteiger partial charge on any atom is 0.237 e. The zero-order valence-corrected chi connectivity index (χ0v) is 19.8. The highest BCUT2D eigenvalue weighted by Gasteiger charge is 2.19. The van der Waals surface area contributed by atoms with Crippen LogP contribution in [0.25, 0.3) is 22.4 Å². The van der Waals surface area contributed by atoms with Gasteiger partial charge in [-0.15, -0.1) is 0 Å². The molecule has 1 heterocycles. The minimum Gasteiger partial charge on any atom is -0.438 e. The van der Waals surface area contributed by atoms with Crippen LogP contribution in [0.15, 0.2) is 66.7 Å². The predicted octanol–water partition coefficient (Wildman–Crippen LogP) is 9.35. The summed E-state index contributed by atoms with van der Waals surface area (Å²) in [4.78, 5) is 4.67. The standard InChI is InChI=1S/C24H11Cl5N2O/c25-15-3-1-13(2-4-15)21-7-14(12-30)24(32-19-9-17(27)8-18(28)10-19)31-23(21)20-6-5-16(26)11-22(20)29/h1-11H. The van der Waals surface area contributed by atoms with E-state index >= 15 is 0 Å². The summed E-state index contributed by atoms with van der Waals surface area (Å²) in [7, 11) is 0. The molecule has 0 unspecified atom stereocenters. The molecule has 1 aromatic heterocycles. The van der Waals surface area contributed by atoms with E-state index in [9.17, 15) is 5.26 Å². The Bertz CT molecular complexity index is 1340. The van der Waals surface area contributed by atoms with Gasteiger partial charge in [-0.1, -0.05) is 70.1 Å².